The van der Waals surface area contributed by atoms with E-state index in [1.54, 1.807) is 30.5 Å². The summed E-state index contributed by atoms with van der Waals surface area (Å²) in [5.74, 6) is -1.30. The third-order valence-electron chi connectivity index (χ3n) is 4.28. The fourth-order valence-corrected chi connectivity index (χ4v) is 2.49. The van der Waals surface area contributed by atoms with Crippen LogP contribution in [0.4, 0.5) is 18.9 Å². The molecule has 0 aliphatic rings. The monoisotopic (exact) mass is 390 g/mol. The Labute approximate surface area is 160 Å². The largest absolute Gasteiger partial charge is 0.416 e. The van der Waals surface area contributed by atoms with E-state index in [0.717, 1.165) is 29.1 Å². The highest BCUT2D eigenvalue weighted by Crippen LogP contribution is 2.26. The minimum Gasteiger partial charge on any atom is -0.325 e. The number of amides is 1. The van der Waals surface area contributed by atoms with Crippen LogP contribution in [0.25, 0.3) is 10.9 Å². The number of halogens is 3. The first-order valence-electron chi connectivity index (χ1n) is 8.54. The number of fused-ring (bicyclic) bond motifs is 1. The van der Waals surface area contributed by atoms with Gasteiger partial charge in [-0.3, -0.25) is 9.78 Å². The highest BCUT2D eigenvalue weighted by atomic mass is 19.4. The average Bonchev–Trinajstić information content (AvgIpc) is 2.65. The number of hydrogen-bond donors (Lipinski definition) is 3. The number of benzene rings is 1. The molecule has 1 aromatic heterocycles. The highest BCUT2D eigenvalue weighted by molar-refractivity contribution is 6.03. The average molecular weight is 390 g/mol. The first kappa shape index (κ1) is 21.3. The van der Waals surface area contributed by atoms with Gasteiger partial charge in [-0.05, 0) is 43.3 Å². The van der Waals surface area contributed by atoms with Crippen LogP contribution < -0.4 is 11.1 Å². The van der Waals surface area contributed by atoms with Crippen LogP contribution in [0.2, 0.25) is 0 Å². The van der Waals surface area contributed by atoms with Crippen molar-refractivity contribution >= 4 is 28.2 Å². The van der Waals surface area contributed by atoms with Crippen molar-refractivity contribution in [2.75, 3.05) is 5.32 Å². The predicted octanol–water partition coefficient (Wildman–Crippen LogP) is 4.22. The fourth-order valence-electron chi connectivity index (χ4n) is 2.49. The minimum atomic E-state index is -4.50. The maximum absolute atomic E-state index is 12.7. The number of hydrogen-bond acceptors (Lipinski definition) is 4. The number of nitrogens with zero attached hydrogens (tertiary/aromatic N) is 1. The van der Waals surface area contributed by atoms with Crippen LogP contribution in [0.5, 0.6) is 0 Å². The molecule has 0 fully saturated rings. The Kier molecular flexibility index (Phi) is 6.69. The first-order chi connectivity index (χ1) is 13.1. The van der Waals surface area contributed by atoms with E-state index in [1.165, 1.54) is 13.8 Å². The molecule has 0 saturated heterocycles. The van der Waals surface area contributed by atoms with Crippen LogP contribution in [0.15, 0.2) is 60.3 Å². The molecular formula is C20H21F3N4O. The van der Waals surface area contributed by atoms with Gasteiger partial charge in [-0.25, -0.2) is 0 Å². The van der Waals surface area contributed by atoms with Gasteiger partial charge in [0.25, 0.3) is 0 Å². The van der Waals surface area contributed by atoms with Crippen molar-refractivity contribution in [2.45, 2.75) is 26.1 Å². The van der Waals surface area contributed by atoms with Crippen LogP contribution in [0.1, 0.15) is 13.8 Å². The second-order valence-corrected chi connectivity index (χ2v) is 6.25. The molecule has 4 N–H and O–H groups in total. The number of anilines is 1. The molecule has 148 valence electrons. The Hall–Kier alpha value is -3.00. The number of carbonyl (C=O) groups excluding carboxylic acids is 1. The van der Waals surface area contributed by atoms with E-state index in [2.05, 4.69) is 10.3 Å². The van der Waals surface area contributed by atoms with Crippen molar-refractivity contribution in [2.24, 2.45) is 11.7 Å². The molecule has 1 aromatic carbocycles. The number of nitrogens with two attached hydrogens (primary N) is 1. The molecule has 0 aliphatic heterocycles. The van der Waals surface area contributed by atoms with Gasteiger partial charge in [0, 0.05) is 28.9 Å². The lowest BCUT2D eigenvalue weighted by Crippen LogP contribution is -2.43. The van der Waals surface area contributed by atoms with E-state index in [9.17, 15) is 18.0 Å². The molecule has 2 rings (SSSR count). The summed E-state index contributed by atoms with van der Waals surface area (Å²) in [7, 11) is 0. The van der Waals surface area contributed by atoms with E-state index < -0.39 is 29.6 Å². The maximum atomic E-state index is 12.7. The molecule has 1 heterocycles. The zero-order valence-corrected chi connectivity index (χ0v) is 15.4. The van der Waals surface area contributed by atoms with Gasteiger partial charge in [0.2, 0.25) is 5.91 Å². The zero-order chi connectivity index (χ0) is 20.9. The Morgan fingerprint density at radius 2 is 2.00 bits per heavy atom. The van der Waals surface area contributed by atoms with Crippen LogP contribution in [-0.2, 0) is 4.79 Å². The molecule has 8 heteroatoms. The summed E-state index contributed by atoms with van der Waals surface area (Å²) in [5.41, 5.74) is 6.16. The van der Waals surface area contributed by atoms with Crippen molar-refractivity contribution in [3.05, 3.63) is 60.3 Å². The number of pyridine rings is 1. The molecule has 5 nitrogen and oxygen atoms in total. The van der Waals surface area contributed by atoms with E-state index >= 15 is 0 Å². The number of nitrogens with one attached hydrogen (secondary N) is 2. The normalized spacial score (nSPS) is 14.9. The summed E-state index contributed by atoms with van der Waals surface area (Å²) in [5, 5.41) is 11.4. The fraction of sp³-hybridized carbons (Fsp3) is 0.250. The van der Waals surface area contributed by atoms with Crippen LogP contribution in [-0.4, -0.2) is 28.8 Å². The molecule has 0 spiro atoms. The molecule has 0 bridgehead atoms. The van der Waals surface area contributed by atoms with Gasteiger partial charge in [0.15, 0.2) is 0 Å². The topological polar surface area (TPSA) is 91.9 Å². The molecule has 2 unspecified atom stereocenters. The van der Waals surface area contributed by atoms with Crippen LogP contribution in [0, 0.1) is 11.3 Å². The lowest BCUT2D eigenvalue weighted by Gasteiger charge is -2.19. The van der Waals surface area contributed by atoms with Gasteiger partial charge >= 0.3 is 6.18 Å². The van der Waals surface area contributed by atoms with Crippen molar-refractivity contribution < 1.29 is 18.0 Å². The number of aromatic nitrogens is 1. The Morgan fingerprint density at radius 1 is 1.29 bits per heavy atom. The molecule has 28 heavy (non-hydrogen) atoms. The van der Waals surface area contributed by atoms with Crippen LogP contribution in [0.3, 0.4) is 0 Å². The second kappa shape index (κ2) is 8.79. The van der Waals surface area contributed by atoms with Crippen molar-refractivity contribution in [3.63, 3.8) is 0 Å². The summed E-state index contributed by atoms with van der Waals surface area (Å²) >= 11 is 0. The standard InChI is InChI=1S/C20H21F3N4O/c1-3-14(20(21,22)23)6-8-16(24)12(2)18(25)19(28)27-15-7-9-17-13(11-15)5-4-10-26-17/h3-12,18,24H,25H2,1-2H3,(H,27,28). The number of carbonyl (C=O) groups is 1. The zero-order valence-electron chi connectivity index (χ0n) is 15.4. The minimum absolute atomic E-state index is 0.172. The van der Waals surface area contributed by atoms with Crippen LogP contribution >= 0.6 is 0 Å². The van der Waals surface area contributed by atoms with Crippen molar-refractivity contribution in [3.8, 4) is 0 Å². The summed E-state index contributed by atoms with van der Waals surface area (Å²) in [6.45, 7) is 2.78. The van der Waals surface area contributed by atoms with Gasteiger partial charge in [0.1, 0.15) is 0 Å². The molecule has 0 radical (unpaired) electrons. The van der Waals surface area contributed by atoms with Gasteiger partial charge in [-0.1, -0.05) is 19.1 Å². The van der Waals surface area contributed by atoms with Gasteiger partial charge < -0.3 is 16.5 Å². The van der Waals surface area contributed by atoms with E-state index in [-0.39, 0.29) is 5.71 Å². The van der Waals surface area contributed by atoms with E-state index in [1.807, 2.05) is 6.07 Å². The third-order valence-corrected chi connectivity index (χ3v) is 4.28. The summed E-state index contributed by atoms with van der Waals surface area (Å²) in [6, 6.07) is 7.69. The summed E-state index contributed by atoms with van der Waals surface area (Å²) < 4.78 is 38.2. The molecule has 0 aliphatic carbocycles. The number of rotatable bonds is 6. The first-order valence-corrected chi connectivity index (χ1v) is 8.54. The molecule has 2 atom stereocenters. The van der Waals surface area contributed by atoms with Gasteiger partial charge in [0.05, 0.1) is 17.1 Å². The third kappa shape index (κ3) is 5.26. The smallest absolute Gasteiger partial charge is 0.325 e. The molecule has 2 aromatic rings. The Bertz CT molecular complexity index is 934. The Morgan fingerprint density at radius 3 is 2.64 bits per heavy atom. The van der Waals surface area contributed by atoms with Crippen molar-refractivity contribution in [1.29, 1.82) is 5.41 Å². The second-order valence-electron chi connectivity index (χ2n) is 6.25. The number of alkyl halides is 3. The molecule has 0 saturated carbocycles. The highest BCUT2D eigenvalue weighted by Gasteiger charge is 2.31. The molecular weight excluding hydrogens is 369 g/mol. The summed E-state index contributed by atoms with van der Waals surface area (Å²) in [6.07, 6.45) is -0.105. The quantitative estimate of drug-likeness (QED) is 0.509. The van der Waals surface area contributed by atoms with E-state index in [0.29, 0.717) is 5.69 Å². The van der Waals surface area contributed by atoms with Gasteiger partial charge in [-0.2, -0.15) is 13.2 Å². The Balaban J connectivity index is 2.05. The maximum Gasteiger partial charge on any atom is 0.416 e. The van der Waals surface area contributed by atoms with E-state index in [4.69, 9.17) is 11.1 Å². The summed E-state index contributed by atoms with van der Waals surface area (Å²) in [4.78, 5) is 16.6. The van der Waals surface area contributed by atoms with Crippen molar-refractivity contribution in [1.82, 2.24) is 4.98 Å². The SMILES string of the molecule is CC=C(C=CC(=N)C(C)C(N)C(=O)Nc1ccc2ncccc2c1)C(F)(F)F. The lowest BCUT2D eigenvalue weighted by atomic mass is 9.95. The number of allylic oxidation sites excluding steroid dienone is 4. The lowest BCUT2D eigenvalue weighted by molar-refractivity contribution is -0.117. The van der Waals surface area contributed by atoms with Gasteiger partial charge in [-0.15, -0.1) is 0 Å². The predicted molar refractivity (Wildman–Crippen MR) is 104 cm³/mol. The molecule has 1 amide bonds.